The smallest absolute Gasteiger partial charge is 0.243 e. The summed E-state index contributed by atoms with van der Waals surface area (Å²) in [4.78, 5) is 38.0. The topological polar surface area (TPSA) is 140 Å². The molecule has 0 spiro atoms. The van der Waals surface area contributed by atoms with E-state index in [4.69, 9.17) is 11.1 Å². The maximum Gasteiger partial charge on any atom is 0.243 e. The number of likely N-dealkylation sites (tertiary alicyclic amines) is 1. The lowest BCUT2D eigenvalue weighted by molar-refractivity contribution is -0.140. The molecule has 9 nitrogen and oxygen atoms in total. The van der Waals surface area contributed by atoms with Gasteiger partial charge in [-0.15, -0.1) is 24.8 Å². The van der Waals surface area contributed by atoms with Crippen molar-refractivity contribution < 1.29 is 14.4 Å². The van der Waals surface area contributed by atoms with Gasteiger partial charge in [-0.05, 0) is 45.1 Å². The van der Waals surface area contributed by atoms with E-state index in [1.54, 1.807) is 4.90 Å². The van der Waals surface area contributed by atoms with Gasteiger partial charge in [0.2, 0.25) is 11.8 Å². The fourth-order valence-electron chi connectivity index (χ4n) is 3.40. The molecule has 0 radical (unpaired) electrons. The zero-order valence-electron chi connectivity index (χ0n) is 15.2. The highest BCUT2D eigenvalue weighted by Gasteiger charge is 2.38. The van der Waals surface area contributed by atoms with Crippen LogP contribution in [-0.4, -0.2) is 66.7 Å². The Labute approximate surface area is 171 Å². The normalized spacial score (nSPS) is 22.1. The fraction of sp³-hybridized carbons (Fsp3) is 0.750. The van der Waals surface area contributed by atoms with E-state index >= 15 is 0 Å². The minimum atomic E-state index is -0.594. The lowest BCUT2D eigenvalue weighted by Gasteiger charge is -2.27. The van der Waals surface area contributed by atoms with Crippen molar-refractivity contribution in [2.45, 2.75) is 56.7 Å². The van der Waals surface area contributed by atoms with E-state index < -0.39 is 12.1 Å². The van der Waals surface area contributed by atoms with Gasteiger partial charge in [0, 0.05) is 13.1 Å². The van der Waals surface area contributed by atoms with Gasteiger partial charge in [-0.3, -0.25) is 15.0 Å². The van der Waals surface area contributed by atoms with Crippen LogP contribution in [0.25, 0.3) is 0 Å². The number of hydrogen-bond donors (Lipinski definition) is 5. The number of hydrogen-bond acceptors (Lipinski definition) is 5. The van der Waals surface area contributed by atoms with Gasteiger partial charge < -0.3 is 31.4 Å². The van der Waals surface area contributed by atoms with Crippen LogP contribution >= 0.6 is 24.8 Å². The second kappa shape index (κ2) is 12.7. The van der Waals surface area contributed by atoms with Gasteiger partial charge in [0.05, 0.1) is 12.1 Å². The molecule has 2 aliphatic heterocycles. The highest BCUT2D eigenvalue weighted by Crippen LogP contribution is 2.21. The van der Waals surface area contributed by atoms with E-state index in [1.807, 2.05) is 0 Å². The molecule has 2 aliphatic rings. The second-order valence-corrected chi connectivity index (χ2v) is 6.57. The van der Waals surface area contributed by atoms with Crippen LogP contribution in [0, 0.1) is 5.41 Å². The third-order valence-corrected chi connectivity index (χ3v) is 4.70. The van der Waals surface area contributed by atoms with Crippen LogP contribution in [0.4, 0.5) is 0 Å². The van der Waals surface area contributed by atoms with Crippen molar-refractivity contribution in [3.05, 3.63) is 0 Å². The molecule has 6 N–H and O–H groups in total. The number of carbonyl (C=O) groups excluding carboxylic acids is 3. The van der Waals surface area contributed by atoms with Crippen LogP contribution in [0.2, 0.25) is 0 Å². The van der Waals surface area contributed by atoms with Crippen molar-refractivity contribution in [1.29, 1.82) is 5.41 Å². The molecule has 27 heavy (non-hydrogen) atoms. The predicted octanol–water partition coefficient (Wildman–Crippen LogP) is -0.480. The third kappa shape index (κ3) is 7.51. The van der Waals surface area contributed by atoms with Crippen LogP contribution in [0.15, 0.2) is 0 Å². The average Bonchev–Trinajstić information content (AvgIpc) is 3.28. The van der Waals surface area contributed by atoms with Crippen molar-refractivity contribution in [3.8, 4) is 0 Å². The first kappa shape index (κ1) is 25.4. The first-order chi connectivity index (χ1) is 12.0. The van der Waals surface area contributed by atoms with Crippen LogP contribution in [0.5, 0.6) is 0 Å². The Morgan fingerprint density at radius 1 is 1.30 bits per heavy atom. The summed E-state index contributed by atoms with van der Waals surface area (Å²) in [6, 6.07) is -1.27. The number of rotatable bonds is 8. The summed E-state index contributed by atoms with van der Waals surface area (Å²) in [7, 11) is 0. The number of amides is 2. The Kier molecular flexibility index (Phi) is 12.0. The van der Waals surface area contributed by atoms with E-state index in [0.717, 1.165) is 25.8 Å². The summed E-state index contributed by atoms with van der Waals surface area (Å²) < 4.78 is 0. The van der Waals surface area contributed by atoms with E-state index in [2.05, 4.69) is 16.0 Å². The summed E-state index contributed by atoms with van der Waals surface area (Å²) in [5, 5.41) is 15.6. The third-order valence-electron chi connectivity index (χ3n) is 4.70. The Hall–Kier alpha value is -1.58. The molecular formula is C16H30Cl2N6O3. The number of nitrogens with zero attached hydrogens (tertiary/aromatic N) is 1. The number of guanidine groups is 1. The van der Waals surface area contributed by atoms with Gasteiger partial charge in [-0.1, -0.05) is 0 Å². The van der Waals surface area contributed by atoms with Gasteiger partial charge in [-0.25, -0.2) is 0 Å². The molecule has 2 amide bonds. The van der Waals surface area contributed by atoms with Crippen molar-refractivity contribution in [2.24, 2.45) is 5.73 Å². The van der Waals surface area contributed by atoms with Gasteiger partial charge in [0.15, 0.2) is 5.96 Å². The molecule has 11 heteroatoms. The molecular weight excluding hydrogens is 395 g/mol. The molecule has 2 fully saturated rings. The molecule has 0 aliphatic carbocycles. The van der Waals surface area contributed by atoms with Crippen molar-refractivity contribution >= 4 is 48.9 Å². The number of nitrogens with two attached hydrogens (primary N) is 1. The second-order valence-electron chi connectivity index (χ2n) is 6.57. The molecule has 156 valence electrons. The van der Waals surface area contributed by atoms with Crippen LogP contribution < -0.4 is 21.7 Å². The summed E-state index contributed by atoms with van der Waals surface area (Å²) in [5.41, 5.74) is 5.19. The molecule has 2 saturated heterocycles. The molecule has 0 unspecified atom stereocenters. The van der Waals surface area contributed by atoms with Crippen LogP contribution in [0.1, 0.15) is 38.5 Å². The minimum Gasteiger partial charge on any atom is -0.370 e. The molecule has 3 atom stereocenters. The molecule has 0 saturated carbocycles. The summed E-state index contributed by atoms with van der Waals surface area (Å²) in [6.45, 7) is 1.89. The zero-order chi connectivity index (χ0) is 18.2. The van der Waals surface area contributed by atoms with Crippen molar-refractivity contribution in [3.63, 3.8) is 0 Å². The van der Waals surface area contributed by atoms with Crippen molar-refractivity contribution in [2.75, 3.05) is 19.6 Å². The van der Waals surface area contributed by atoms with Crippen molar-refractivity contribution in [1.82, 2.24) is 20.9 Å². The highest BCUT2D eigenvalue weighted by molar-refractivity contribution is 5.91. The number of aldehydes is 1. The van der Waals surface area contributed by atoms with E-state index in [-0.39, 0.29) is 48.6 Å². The molecule has 0 bridgehead atoms. The molecule has 0 aromatic rings. The molecule has 2 heterocycles. The van der Waals surface area contributed by atoms with Crippen LogP contribution in [0.3, 0.4) is 0 Å². The van der Waals surface area contributed by atoms with Crippen LogP contribution in [-0.2, 0) is 14.4 Å². The van der Waals surface area contributed by atoms with E-state index in [0.29, 0.717) is 38.6 Å². The SMILES string of the molecule is Cl.Cl.N=C(N)NCCC[C@@H](C=O)NC(=O)[C@@H]1CCCN1C(=O)[C@H]1CCCN1. The quantitative estimate of drug-likeness (QED) is 0.154. The highest BCUT2D eigenvalue weighted by atomic mass is 35.5. The molecule has 0 aromatic carbocycles. The van der Waals surface area contributed by atoms with Gasteiger partial charge in [0.25, 0.3) is 0 Å². The number of carbonyl (C=O) groups is 3. The number of nitrogens with one attached hydrogen (secondary N) is 4. The Bertz CT molecular complexity index is 516. The lowest BCUT2D eigenvalue weighted by Crippen LogP contribution is -2.52. The Balaban J connectivity index is 0.00000338. The Morgan fingerprint density at radius 3 is 2.63 bits per heavy atom. The molecule has 0 aromatic heterocycles. The van der Waals surface area contributed by atoms with E-state index in [1.165, 1.54) is 0 Å². The zero-order valence-corrected chi connectivity index (χ0v) is 16.9. The monoisotopic (exact) mass is 424 g/mol. The van der Waals surface area contributed by atoms with Gasteiger partial charge >= 0.3 is 0 Å². The minimum absolute atomic E-state index is 0. The van der Waals surface area contributed by atoms with E-state index in [9.17, 15) is 14.4 Å². The lowest BCUT2D eigenvalue weighted by atomic mass is 10.1. The maximum atomic E-state index is 12.6. The fourth-order valence-corrected chi connectivity index (χ4v) is 3.40. The summed E-state index contributed by atoms with van der Waals surface area (Å²) in [5.74, 6) is -0.392. The standard InChI is InChI=1S/C16H28N6O3.2ClH/c17-16(18)20-8-1-4-11(10-23)21-14(24)13-6-3-9-22(13)15(25)12-5-2-7-19-12;;/h10-13,19H,1-9H2,(H,21,24)(H4,17,18,20);2*1H/t11-,12+,13-;;/m0../s1. The number of halogens is 2. The summed E-state index contributed by atoms with van der Waals surface area (Å²) in [6.07, 6.45) is 4.98. The first-order valence-corrected chi connectivity index (χ1v) is 8.90. The summed E-state index contributed by atoms with van der Waals surface area (Å²) >= 11 is 0. The predicted molar refractivity (Wildman–Crippen MR) is 107 cm³/mol. The Morgan fingerprint density at radius 2 is 2.04 bits per heavy atom. The maximum absolute atomic E-state index is 12.6. The van der Waals surface area contributed by atoms with Gasteiger partial charge in [-0.2, -0.15) is 0 Å². The average molecular weight is 425 g/mol. The largest absolute Gasteiger partial charge is 0.370 e. The first-order valence-electron chi connectivity index (χ1n) is 8.90. The van der Waals surface area contributed by atoms with Gasteiger partial charge in [0.1, 0.15) is 12.3 Å². The molecule has 2 rings (SSSR count).